The second-order valence-corrected chi connectivity index (χ2v) is 5.54. The molecule has 0 bridgehead atoms. The first-order valence-electron chi connectivity index (χ1n) is 6.79. The van der Waals surface area contributed by atoms with Crippen LogP contribution < -0.4 is 0 Å². The number of carbonyl (C=O) groups is 1. The Labute approximate surface area is 110 Å². The van der Waals surface area contributed by atoms with Gasteiger partial charge >= 0.3 is 6.09 Å². The molecule has 1 saturated heterocycles. The molecule has 5 nitrogen and oxygen atoms in total. The van der Waals surface area contributed by atoms with Crippen molar-refractivity contribution in [2.75, 3.05) is 39.3 Å². The van der Waals surface area contributed by atoms with Gasteiger partial charge in [0.05, 0.1) is 12.2 Å². The lowest BCUT2D eigenvalue weighted by Gasteiger charge is -2.36. The van der Waals surface area contributed by atoms with Gasteiger partial charge in [0, 0.05) is 32.7 Å². The molecule has 18 heavy (non-hydrogen) atoms. The van der Waals surface area contributed by atoms with E-state index >= 15 is 0 Å². The summed E-state index contributed by atoms with van der Waals surface area (Å²) >= 11 is 0. The maximum absolute atomic E-state index is 11.7. The first kappa shape index (κ1) is 15.2. The van der Waals surface area contributed by atoms with Crippen LogP contribution in [0.2, 0.25) is 0 Å². The predicted octanol–water partition coefficient (Wildman–Crippen LogP) is 1.31. The van der Waals surface area contributed by atoms with Gasteiger partial charge in [-0.05, 0) is 20.3 Å². The minimum absolute atomic E-state index is 0.202. The standard InChI is InChI=1S/C13H26N2O3/c1-4-5-10-18-12(16)15-8-6-14(7-9-15)11-13(2,3)17/h17H,4-11H2,1-3H3. The SMILES string of the molecule is CCCCOC(=O)N1CCN(CC(C)(C)O)CC1. The Kier molecular flexibility index (Phi) is 5.88. The van der Waals surface area contributed by atoms with E-state index in [1.807, 2.05) is 0 Å². The summed E-state index contributed by atoms with van der Waals surface area (Å²) < 4.78 is 5.18. The Bertz CT molecular complexity index is 255. The fourth-order valence-corrected chi connectivity index (χ4v) is 2.03. The molecule has 0 spiro atoms. The minimum Gasteiger partial charge on any atom is -0.449 e. The number of hydrogen-bond donors (Lipinski definition) is 1. The van der Waals surface area contributed by atoms with Crippen molar-refractivity contribution in [2.24, 2.45) is 0 Å². The van der Waals surface area contributed by atoms with Crippen LogP contribution in [0.5, 0.6) is 0 Å². The molecule has 1 aliphatic rings. The van der Waals surface area contributed by atoms with E-state index < -0.39 is 5.60 Å². The normalized spacial score (nSPS) is 17.9. The van der Waals surface area contributed by atoms with Crippen LogP contribution in [0.15, 0.2) is 0 Å². The molecule has 0 aromatic carbocycles. The van der Waals surface area contributed by atoms with Crippen molar-refractivity contribution in [1.29, 1.82) is 0 Å². The summed E-state index contributed by atoms with van der Waals surface area (Å²) in [6.07, 6.45) is 1.75. The highest BCUT2D eigenvalue weighted by Gasteiger charge is 2.25. The second kappa shape index (κ2) is 6.95. The molecule has 5 heteroatoms. The lowest BCUT2D eigenvalue weighted by atomic mass is 10.1. The van der Waals surface area contributed by atoms with Gasteiger partial charge in [0.25, 0.3) is 0 Å². The summed E-state index contributed by atoms with van der Waals surface area (Å²) in [7, 11) is 0. The molecule has 0 unspecified atom stereocenters. The summed E-state index contributed by atoms with van der Waals surface area (Å²) in [5.41, 5.74) is -0.677. The molecule has 0 radical (unpaired) electrons. The van der Waals surface area contributed by atoms with Crippen molar-refractivity contribution in [2.45, 2.75) is 39.2 Å². The largest absolute Gasteiger partial charge is 0.449 e. The van der Waals surface area contributed by atoms with Gasteiger partial charge in [-0.25, -0.2) is 4.79 Å². The van der Waals surface area contributed by atoms with E-state index in [1.165, 1.54) is 0 Å². The van der Waals surface area contributed by atoms with Crippen LogP contribution in [-0.2, 0) is 4.74 Å². The Morgan fingerprint density at radius 2 is 1.89 bits per heavy atom. The number of rotatable bonds is 5. The van der Waals surface area contributed by atoms with Gasteiger partial charge in [0.2, 0.25) is 0 Å². The van der Waals surface area contributed by atoms with Crippen LogP contribution in [0.1, 0.15) is 33.6 Å². The van der Waals surface area contributed by atoms with Crippen LogP contribution in [-0.4, -0.2) is 65.9 Å². The molecule has 1 aliphatic heterocycles. The minimum atomic E-state index is -0.677. The summed E-state index contributed by atoms with van der Waals surface area (Å²) in [4.78, 5) is 15.6. The zero-order chi connectivity index (χ0) is 13.6. The third-order valence-electron chi connectivity index (χ3n) is 2.96. The maximum atomic E-state index is 11.7. The number of piperazine rings is 1. The summed E-state index contributed by atoms with van der Waals surface area (Å²) in [5.74, 6) is 0. The zero-order valence-electron chi connectivity index (χ0n) is 11.8. The molecule has 1 fully saturated rings. The van der Waals surface area contributed by atoms with Gasteiger partial charge in [-0.3, -0.25) is 4.90 Å². The maximum Gasteiger partial charge on any atom is 0.409 e. The molecule has 0 aliphatic carbocycles. The number of hydrogen-bond acceptors (Lipinski definition) is 4. The van der Waals surface area contributed by atoms with Crippen LogP contribution in [0.4, 0.5) is 4.79 Å². The number of amides is 1. The highest BCUT2D eigenvalue weighted by atomic mass is 16.6. The quantitative estimate of drug-likeness (QED) is 0.756. The summed E-state index contributed by atoms with van der Waals surface area (Å²) in [6.45, 7) is 9.80. The Morgan fingerprint density at radius 1 is 1.28 bits per heavy atom. The molecule has 0 saturated carbocycles. The number of aliphatic hydroxyl groups is 1. The lowest BCUT2D eigenvalue weighted by Crippen LogP contribution is -2.52. The average molecular weight is 258 g/mol. The molecular weight excluding hydrogens is 232 g/mol. The molecule has 1 amide bonds. The monoisotopic (exact) mass is 258 g/mol. The number of unbranched alkanes of at least 4 members (excludes halogenated alkanes) is 1. The molecule has 1 N–H and O–H groups in total. The zero-order valence-corrected chi connectivity index (χ0v) is 11.8. The van der Waals surface area contributed by atoms with Crippen LogP contribution in [0.25, 0.3) is 0 Å². The van der Waals surface area contributed by atoms with Crippen molar-refractivity contribution in [3.05, 3.63) is 0 Å². The highest BCUT2D eigenvalue weighted by molar-refractivity contribution is 5.67. The number of carbonyl (C=O) groups excluding carboxylic acids is 1. The molecular formula is C13H26N2O3. The van der Waals surface area contributed by atoms with Gasteiger partial charge in [-0.15, -0.1) is 0 Å². The summed E-state index contributed by atoms with van der Waals surface area (Å²) in [6, 6.07) is 0. The van der Waals surface area contributed by atoms with E-state index in [2.05, 4.69) is 11.8 Å². The van der Waals surface area contributed by atoms with Crippen molar-refractivity contribution in [3.8, 4) is 0 Å². The average Bonchev–Trinajstić information content (AvgIpc) is 2.28. The first-order chi connectivity index (χ1) is 8.42. The number of nitrogens with zero attached hydrogens (tertiary/aromatic N) is 2. The Balaban J connectivity index is 2.24. The van der Waals surface area contributed by atoms with Gasteiger partial charge in [0.1, 0.15) is 0 Å². The van der Waals surface area contributed by atoms with Gasteiger partial charge in [0.15, 0.2) is 0 Å². The fourth-order valence-electron chi connectivity index (χ4n) is 2.03. The van der Waals surface area contributed by atoms with E-state index in [-0.39, 0.29) is 6.09 Å². The number of ether oxygens (including phenoxy) is 1. The lowest BCUT2D eigenvalue weighted by molar-refractivity contribution is 0.0159. The van der Waals surface area contributed by atoms with Crippen molar-refractivity contribution in [1.82, 2.24) is 9.80 Å². The molecule has 1 rings (SSSR count). The van der Waals surface area contributed by atoms with Gasteiger partial charge in [-0.1, -0.05) is 13.3 Å². The molecule has 106 valence electrons. The van der Waals surface area contributed by atoms with Crippen LogP contribution >= 0.6 is 0 Å². The summed E-state index contributed by atoms with van der Waals surface area (Å²) in [5, 5.41) is 9.74. The third kappa shape index (κ3) is 5.69. The van der Waals surface area contributed by atoms with E-state index in [0.717, 1.165) is 25.9 Å². The van der Waals surface area contributed by atoms with Crippen molar-refractivity contribution in [3.63, 3.8) is 0 Å². The second-order valence-electron chi connectivity index (χ2n) is 5.54. The van der Waals surface area contributed by atoms with E-state index in [4.69, 9.17) is 4.74 Å². The van der Waals surface area contributed by atoms with Gasteiger partial charge < -0.3 is 14.7 Å². The van der Waals surface area contributed by atoms with E-state index in [9.17, 15) is 9.90 Å². The first-order valence-corrected chi connectivity index (χ1v) is 6.79. The molecule has 1 heterocycles. The predicted molar refractivity (Wildman–Crippen MR) is 70.6 cm³/mol. The Hall–Kier alpha value is -0.810. The van der Waals surface area contributed by atoms with Crippen molar-refractivity contribution >= 4 is 6.09 Å². The van der Waals surface area contributed by atoms with E-state index in [0.29, 0.717) is 26.2 Å². The van der Waals surface area contributed by atoms with Crippen LogP contribution in [0, 0.1) is 0 Å². The van der Waals surface area contributed by atoms with Crippen molar-refractivity contribution < 1.29 is 14.6 Å². The third-order valence-corrected chi connectivity index (χ3v) is 2.96. The molecule has 0 aromatic heterocycles. The smallest absolute Gasteiger partial charge is 0.409 e. The topological polar surface area (TPSA) is 53.0 Å². The Morgan fingerprint density at radius 3 is 2.39 bits per heavy atom. The highest BCUT2D eigenvalue weighted by Crippen LogP contribution is 2.09. The fraction of sp³-hybridized carbons (Fsp3) is 0.923. The van der Waals surface area contributed by atoms with Gasteiger partial charge in [-0.2, -0.15) is 0 Å². The molecule has 0 aromatic rings. The molecule has 0 atom stereocenters. The van der Waals surface area contributed by atoms with E-state index in [1.54, 1.807) is 18.7 Å². The van der Waals surface area contributed by atoms with Crippen LogP contribution in [0.3, 0.4) is 0 Å². The number of β-amino-alcohol motifs (C(OH)–C–C–N with tert-alkyl or cyclic N) is 1.